The highest BCUT2D eigenvalue weighted by Gasteiger charge is 2.30. The lowest BCUT2D eigenvalue weighted by atomic mass is 10.1. The molecular formula is C22H18F2N4O5S. The molecule has 0 aliphatic carbocycles. The fraction of sp³-hybridized carbons (Fsp3) is 0.136. The van der Waals surface area contributed by atoms with E-state index in [2.05, 4.69) is 28.4 Å². The lowest BCUT2D eigenvalue weighted by Crippen LogP contribution is -2.52. The van der Waals surface area contributed by atoms with Crippen molar-refractivity contribution in [1.29, 1.82) is 5.41 Å². The highest BCUT2D eigenvalue weighted by Crippen LogP contribution is 2.10. The fourth-order valence-corrected chi connectivity index (χ4v) is 3.00. The van der Waals surface area contributed by atoms with Crippen LogP contribution in [-0.4, -0.2) is 49.9 Å². The number of carbonyl (C=O) groups is 2. The maximum Gasteiger partial charge on any atom is 0.278 e. The van der Waals surface area contributed by atoms with E-state index in [1.807, 2.05) is 5.32 Å². The minimum absolute atomic E-state index is 0.0113. The number of carbonyl (C=O) groups excluding carboxylic acids is 2. The van der Waals surface area contributed by atoms with E-state index in [1.165, 1.54) is 24.3 Å². The summed E-state index contributed by atoms with van der Waals surface area (Å²) >= 11 is 0. The van der Waals surface area contributed by atoms with Crippen LogP contribution in [0.25, 0.3) is 0 Å². The third kappa shape index (κ3) is 8.02. The molecule has 0 aliphatic rings. The standard InChI is InChI=1S/C22H18F2N4O5S/c1-34(32,33)28-17-12-8-15(9-13-17)5-3-2-4-14-6-10-16(11-7-14)21(29)26-19(22(30)27-31)18(25)20(23)24/h6-13,19-20,25,28,31H,1H3,(H,26,29)(H,27,30)/t19-/m0/s1. The van der Waals surface area contributed by atoms with Gasteiger partial charge in [-0.2, -0.15) is 0 Å². The highest BCUT2D eigenvalue weighted by atomic mass is 32.2. The van der Waals surface area contributed by atoms with Gasteiger partial charge in [0.1, 0.15) is 5.71 Å². The number of anilines is 1. The van der Waals surface area contributed by atoms with Crippen molar-refractivity contribution in [2.24, 2.45) is 0 Å². The van der Waals surface area contributed by atoms with Gasteiger partial charge in [-0.1, -0.05) is 11.8 Å². The molecule has 1 atom stereocenters. The van der Waals surface area contributed by atoms with Crippen LogP contribution < -0.4 is 15.5 Å². The zero-order valence-electron chi connectivity index (χ0n) is 17.5. The average molecular weight is 488 g/mol. The molecule has 12 heteroatoms. The van der Waals surface area contributed by atoms with E-state index < -0.39 is 40.0 Å². The molecule has 34 heavy (non-hydrogen) atoms. The van der Waals surface area contributed by atoms with Crippen LogP contribution >= 0.6 is 0 Å². The number of rotatable bonds is 7. The summed E-state index contributed by atoms with van der Waals surface area (Å²) in [6.45, 7) is 0. The van der Waals surface area contributed by atoms with Crippen LogP contribution in [0.1, 0.15) is 21.5 Å². The van der Waals surface area contributed by atoms with Gasteiger partial charge in [-0.05, 0) is 60.4 Å². The number of nitrogens with one attached hydrogen (secondary N) is 4. The van der Waals surface area contributed by atoms with Crippen molar-refractivity contribution in [1.82, 2.24) is 10.8 Å². The molecule has 0 saturated heterocycles. The smallest absolute Gasteiger partial charge is 0.278 e. The second-order valence-electron chi connectivity index (χ2n) is 6.67. The van der Waals surface area contributed by atoms with Crippen molar-refractivity contribution in [3.05, 3.63) is 65.2 Å². The van der Waals surface area contributed by atoms with Crippen LogP contribution in [0.4, 0.5) is 14.5 Å². The molecular weight excluding hydrogens is 470 g/mol. The molecule has 2 rings (SSSR count). The molecule has 0 aromatic heterocycles. The first kappa shape index (κ1) is 26.0. The number of benzene rings is 2. The Bertz CT molecular complexity index is 1300. The Morgan fingerprint density at radius 2 is 1.47 bits per heavy atom. The lowest BCUT2D eigenvalue weighted by molar-refractivity contribution is -0.129. The average Bonchev–Trinajstić information content (AvgIpc) is 2.79. The summed E-state index contributed by atoms with van der Waals surface area (Å²) in [4.78, 5) is 23.7. The van der Waals surface area contributed by atoms with E-state index in [1.54, 1.807) is 24.3 Å². The lowest BCUT2D eigenvalue weighted by Gasteiger charge is -2.17. The Kier molecular flexibility index (Phi) is 8.84. The Labute approximate surface area is 194 Å². The predicted octanol–water partition coefficient (Wildman–Crippen LogP) is 1.35. The van der Waals surface area contributed by atoms with Gasteiger partial charge in [0.2, 0.25) is 10.0 Å². The molecule has 0 aliphatic heterocycles. The van der Waals surface area contributed by atoms with Gasteiger partial charge in [0.15, 0.2) is 6.04 Å². The van der Waals surface area contributed by atoms with E-state index in [9.17, 15) is 26.8 Å². The second-order valence-corrected chi connectivity index (χ2v) is 8.42. The van der Waals surface area contributed by atoms with Gasteiger partial charge in [0, 0.05) is 22.4 Å². The van der Waals surface area contributed by atoms with Crippen LogP contribution in [0.5, 0.6) is 0 Å². The third-order valence-electron chi connectivity index (χ3n) is 4.01. The Balaban J connectivity index is 2.04. The normalized spacial score (nSPS) is 11.2. The Hall–Kier alpha value is -4.26. The summed E-state index contributed by atoms with van der Waals surface area (Å²) in [5.41, 5.74) is 1.27. The summed E-state index contributed by atoms with van der Waals surface area (Å²) < 4.78 is 50.2. The first-order valence-electron chi connectivity index (χ1n) is 9.31. The van der Waals surface area contributed by atoms with Gasteiger partial charge >= 0.3 is 0 Å². The summed E-state index contributed by atoms with van der Waals surface area (Å²) in [7, 11) is -3.37. The van der Waals surface area contributed by atoms with E-state index in [0.717, 1.165) is 11.7 Å². The molecule has 5 N–H and O–H groups in total. The van der Waals surface area contributed by atoms with Crippen molar-refractivity contribution >= 4 is 33.2 Å². The topological polar surface area (TPSA) is 148 Å². The zero-order chi connectivity index (χ0) is 25.3. The first-order chi connectivity index (χ1) is 16.0. The third-order valence-corrected chi connectivity index (χ3v) is 4.61. The van der Waals surface area contributed by atoms with Gasteiger partial charge in [0.05, 0.1) is 6.26 Å². The predicted molar refractivity (Wildman–Crippen MR) is 120 cm³/mol. The summed E-state index contributed by atoms with van der Waals surface area (Å²) in [5, 5.41) is 17.8. The second kappa shape index (κ2) is 11.6. The minimum atomic E-state index is -3.37. The molecule has 176 valence electrons. The van der Waals surface area contributed by atoms with Crippen molar-refractivity contribution in [3.8, 4) is 23.7 Å². The van der Waals surface area contributed by atoms with Crippen LogP contribution in [0.2, 0.25) is 0 Å². The van der Waals surface area contributed by atoms with E-state index in [4.69, 9.17) is 10.6 Å². The van der Waals surface area contributed by atoms with Crippen LogP contribution in [0.15, 0.2) is 48.5 Å². The van der Waals surface area contributed by atoms with Crippen molar-refractivity contribution < 1.29 is 32.0 Å². The molecule has 0 heterocycles. The van der Waals surface area contributed by atoms with Gasteiger partial charge in [-0.3, -0.25) is 19.5 Å². The molecule has 0 fully saturated rings. The molecule has 0 spiro atoms. The molecule has 0 unspecified atom stereocenters. The molecule has 0 bridgehead atoms. The van der Waals surface area contributed by atoms with Crippen LogP contribution in [-0.2, 0) is 14.8 Å². The number of sulfonamides is 1. The molecule has 9 nitrogen and oxygen atoms in total. The van der Waals surface area contributed by atoms with Crippen molar-refractivity contribution in [2.75, 3.05) is 11.0 Å². The van der Waals surface area contributed by atoms with Crippen molar-refractivity contribution in [3.63, 3.8) is 0 Å². The monoisotopic (exact) mass is 488 g/mol. The van der Waals surface area contributed by atoms with Gasteiger partial charge in [-0.15, -0.1) is 0 Å². The Morgan fingerprint density at radius 1 is 0.971 bits per heavy atom. The van der Waals surface area contributed by atoms with E-state index in [0.29, 0.717) is 16.8 Å². The minimum Gasteiger partial charge on any atom is -0.335 e. The first-order valence-corrected chi connectivity index (χ1v) is 11.2. The number of amides is 2. The molecule has 2 aromatic rings. The largest absolute Gasteiger partial charge is 0.335 e. The van der Waals surface area contributed by atoms with E-state index >= 15 is 0 Å². The molecule has 0 radical (unpaired) electrons. The number of hydrogen-bond acceptors (Lipinski definition) is 6. The maximum absolute atomic E-state index is 12.7. The number of hydroxylamine groups is 1. The number of alkyl halides is 2. The summed E-state index contributed by atoms with van der Waals surface area (Å²) in [6, 6.07) is 9.91. The van der Waals surface area contributed by atoms with Crippen molar-refractivity contribution in [2.45, 2.75) is 12.5 Å². The molecule has 0 saturated carbocycles. The number of halogens is 2. The van der Waals surface area contributed by atoms with Crippen LogP contribution in [0.3, 0.4) is 0 Å². The maximum atomic E-state index is 12.7. The van der Waals surface area contributed by atoms with Gasteiger partial charge in [0.25, 0.3) is 18.2 Å². The quantitative estimate of drug-likeness (QED) is 0.173. The Morgan fingerprint density at radius 3 is 1.91 bits per heavy atom. The summed E-state index contributed by atoms with van der Waals surface area (Å²) in [6.07, 6.45) is -2.26. The zero-order valence-corrected chi connectivity index (χ0v) is 18.3. The van der Waals surface area contributed by atoms with Gasteiger partial charge < -0.3 is 10.7 Å². The fourth-order valence-electron chi connectivity index (χ4n) is 2.44. The number of hydrogen-bond donors (Lipinski definition) is 5. The molecule has 2 amide bonds. The van der Waals surface area contributed by atoms with Gasteiger partial charge in [-0.25, -0.2) is 22.7 Å². The summed E-state index contributed by atoms with van der Waals surface area (Å²) in [5.74, 6) is 8.50. The highest BCUT2D eigenvalue weighted by molar-refractivity contribution is 7.92. The molecule has 2 aromatic carbocycles. The SMILES string of the molecule is CS(=O)(=O)Nc1ccc(C#CC#Cc2ccc(C(=O)N[C@@H](C(=N)C(F)F)C(=O)NO)cc2)cc1. The van der Waals surface area contributed by atoms with E-state index in [-0.39, 0.29) is 5.56 Å². The van der Waals surface area contributed by atoms with Crippen LogP contribution in [0, 0.1) is 29.1 Å².